The topological polar surface area (TPSA) is 102 Å². The number of rotatable bonds is 5. The van der Waals surface area contributed by atoms with E-state index < -0.39 is 5.91 Å². The van der Waals surface area contributed by atoms with Crippen LogP contribution < -0.4 is 21.3 Å². The van der Waals surface area contributed by atoms with Crippen LogP contribution in [0.15, 0.2) is 53.3 Å². The van der Waals surface area contributed by atoms with Crippen LogP contribution in [0.5, 0.6) is 11.6 Å². The Kier molecular flexibility index (Phi) is 6.00. The number of nitrogens with two attached hydrogens (primary N) is 1. The van der Waals surface area contributed by atoms with Gasteiger partial charge in [-0.3, -0.25) is 15.6 Å². The zero-order valence-corrected chi connectivity index (χ0v) is 16.6. The number of nitrogen functional groups attached to an aromatic ring is 1. The van der Waals surface area contributed by atoms with E-state index in [0.717, 1.165) is 4.47 Å². The van der Waals surface area contributed by atoms with Crippen molar-refractivity contribution in [2.24, 2.45) is 0 Å². The highest BCUT2D eigenvalue weighted by molar-refractivity contribution is 9.10. The fourth-order valence-corrected chi connectivity index (χ4v) is 2.79. The second-order valence-electron chi connectivity index (χ2n) is 5.20. The number of ether oxygens (including phenoxy) is 1. The van der Waals surface area contributed by atoms with Crippen molar-refractivity contribution in [3.8, 4) is 11.6 Å². The van der Waals surface area contributed by atoms with Crippen molar-refractivity contribution in [2.45, 2.75) is 0 Å². The van der Waals surface area contributed by atoms with E-state index >= 15 is 0 Å². The second-order valence-corrected chi connectivity index (χ2v) is 6.96. The lowest BCUT2D eigenvalue weighted by Crippen LogP contribution is -2.30. The van der Waals surface area contributed by atoms with Crippen molar-refractivity contribution in [3.63, 3.8) is 0 Å². The van der Waals surface area contributed by atoms with Crippen molar-refractivity contribution < 1.29 is 9.53 Å². The van der Waals surface area contributed by atoms with Gasteiger partial charge < -0.3 is 10.5 Å². The van der Waals surface area contributed by atoms with Crippen LogP contribution >= 0.6 is 39.1 Å². The van der Waals surface area contributed by atoms with Crippen molar-refractivity contribution >= 4 is 56.5 Å². The molecule has 10 heteroatoms. The van der Waals surface area contributed by atoms with Gasteiger partial charge in [-0.15, -0.1) is 0 Å². The number of aromatic nitrogens is 2. The summed E-state index contributed by atoms with van der Waals surface area (Å²) < 4.78 is 6.56. The molecule has 4 N–H and O–H groups in total. The number of anilines is 2. The highest BCUT2D eigenvalue weighted by atomic mass is 79.9. The van der Waals surface area contributed by atoms with Gasteiger partial charge in [0.2, 0.25) is 5.88 Å². The number of halogens is 3. The van der Waals surface area contributed by atoms with E-state index in [2.05, 4.69) is 36.7 Å². The van der Waals surface area contributed by atoms with Gasteiger partial charge in [0.05, 0.1) is 10.6 Å². The van der Waals surface area contributed by atoms with E-state index in [0.29, 0.717) is 10.8 Å². The Morgan fingerprint density at radius 2 is 1.85 bits per heavy atom. The minimum Gasteiger partial charge on any atom is -0.437 e. The van der Waals surface area contributed by atoms with Crippen LogP contribution in [-0.4, -0.2) is 15.9 Å². The number of amides is 1. The third-order valence-electron chi connectivity index (χ3n) is 3.35. The molecule has 0 spiro atoms. The average Bonchev–Trinajstić information content (AvgIpc) is 2.64. The SMILES string of the molecule is Nc1c(NNC(=O)c2ccc(Cl)cc2Cl)ncnc1Oc1ccc(Br)cc1. The molecule has 0 bridgehead atoms. The summed E-state index contributed by atoms with van der Waals surface area (Å²) in [6, 6.07) is 11.7. The zero-order valence-electron chi connectivity index (χ0n) is 13.5. The van der Waals surface area contributed by atoms with Crippen molar-refractivity contribution in [1.82, 2.24) is 15.4 Å². The quantitative estimate of drug-likeness (QED) is 0.470. The van der Waals surface area contributed by atoms with Gasteiger partial charge >= 0.3 is 0 Å². The highest BCUT2D eigenvalue weighted by Crippen LogP contribution is 2.29. The third kappa shape index (κ3) is 4.79. The fourth-order valence-electron chi connectivity index (χ4n) is 2.03. The van der Waals surface area contributed by atoms with Crippen LogP contribution in [0.25, 0.3) is 0 Å². The summed E-state index contributed by atoms with van der Waals surface area (Å²) in [5, 5.41) is 0.649. The van der Waals surface area contributed by atoms with Gasteiger partial charge in [0.1, 0.15) is 17.8 Å². The Labute approximate surface area is 173 Å². The maximum atomic E-state index is 12.2. The number of benzene rings is 2. The van der Waals surface area contributed by atoms with Crippen molar-refractivity contribution in [1.29, 1.82) is 0 Å². The summed E-state index contributed by atoms with van der Waals surface area (Å²) in [6.07, 6.45) is 1.26. The molecule has 0 atom stereocenters. The maximum Gasteiger partial charge on any atom is 0.271 e. The smallest absolute Gasteiger partial charge is 0.271 e. The maximum absolute atomic E-state index is 12.2. The van der Waals surface area contributed by atoms with Gasteiger partial charge in [0, 0.05) is 9.50 Å². The minimum atomic E-state index is -0.481. The largest absolute Gasteiger partial charge is 0.437 e. The molecule has 1 aromatic heterocycles. The molecule has 2 aromatic carbocycles. The minimum absolute atomic E-state index is 0.128. The summed E-state index contributed by atoms with van der Waals surface area (Å²) in [5.74, 6) is 0.390. The number of hydrazine groups is 1. The van der Waals surface area contributed by atoms with Gasteiger partial charge in [-0.25, -0.2) is 4.98 Å². The lowest BCUT2D eigenvalue weighted by atomic mass is 10.2. The predicted molar refractivity (Wildman–Crippen MR) is 108 cm³/mol. The van der Waals surface area contributed by atoms with E-state index in [9.17, 15) is 4.79 Å². The van der Waals surface area contributed by atoms with Crippen LogP contribution in [0.2, 0.25) is 10.0 Å². The lowest BCUT2D eigenvalue weighted by molar-refractivity contribution is 0.0962. The van der Waals surface area contributed by atoms with Crippen molar-refractivity contribution in [2.75, 3.05) is 11.2 Å². The molecule has 0 unspecified atom stereocenters. The first-order valence-electron chi connectivity index (χ1n) is 7.49. The van der Waals surface area contributed by atoms with E-state index in [1.54, 1.807) is 18.2 Å². The number of hydrogen-bond acceptors (Lipinski definition) is 6. The highest BCUT2D eigenvalue weighted by Gasteiger charge is 2.14. The molecule has 27 heavy (non-hydrogen) atoms. The summed E-state index contributed by atoms with van der Waals surface area (Å²) in [6.45, 7) is 0. The first kappa shape index (κ1) is 19.2. The molecule has 0 aliphatic carbocycles. The molecule has 0 saturated carbocycles. The molecular weight excluding hydrogens is 457 g/mol. The first-order chi connectivity index (χ1) is 12.9. The van der Waals surface area contributed by atoms with Crippen LogP contribution in [0.3, 0.4) is 0 Å². The molecule has 3 rings (SSSR count). The molecule has 138 valence electrons. The van der Waals surface area contributed by atoms with Gasteiger partial charge in [-0.1, -0.05) is 39.1 Å². The van der Waals surface area contributed by atoms with E-state index in [1.807, 2.05) is 12.1 Å². The Hall–Kier alpha value is -2.55. The monoisotopic (exact) mass is 467 g/mol. The first-order valence-corrected chi connectivity index (χ1v) is 9.04. The summed E-state index contributed by atoms with van der Waals surface area (Å²) in [5.41, 5.74) is 11.5. The molecule has 0 radical (unpaired) electrons. The number of nitrogens with one attached hydrogen (secondary N) is 2. The number of hydrogen-bond donors (Lipinski definition) is 3. The van der Waals surface area contributed by atoms with E-state index in [4.69, 9.17) is 33.7 Å². The van der Waals surface area contributed by atoms with Crippen LogP contribution in [0, 0.1) is 0 Å². The Bertz CT molecular complexity index is 986. The molecule has 0 aliphatic rings. The molecule has 7 nitrogen and oxygen atoms in total. The molecule has 3 aromatic rings. The molecule has 1 heterocycles. The molecule has 0 fully saturated rings. The van der Waals surface area contributed by atoms with Crippen LogP contribution in [0.1, 0.15) is 10.4 Å². The Balaban J connectivity index is 1.72. The fraction of sp³-hybridized carbons (Fsp3) is 0. The third-order valence-corrected chi connectivity index (χ3v) is 4.42. The van der Waals surface area contributed by atoms with Gasteiger partial charge in [-0.05, 0) is 42.5 Å². The summed E-state index contributed by atoms with van der Waals surface area (Å²) >= 11 is 15.2. The zero-order chi connectivity index (χ0) is 19.4. The van der Waals surface area contributed by atoms with E-state index in [1.165, 1.54) is 18.5 Å². The van der Waals surface area contributed by atoms with Gasteiger partial charge in [0.25, 0.3) is 5.91 Å². The van der Waals surface area contributed by atoms with E-state index in [-0.39, 0.29) is 28.0 Å². The molecule has 1 amide bonds. The van der Waals surface area contributed by atoms with Crippen LogP contribution in [-0.2, 0) is 0 Å². The van der Waals surface area contributed by atoms with Crippen molar-refractivity contribution in [3.05, 3.63) is 68.9 Å². The molecule has 0 aliphatic heterocycles. The Morgan fingerprint density at radius 3 is 2.56 bits per heavy atom. The number of nitrogens with zero attached hydrogens (tertiary/aromatic N) is 2. The lowest BCUT2D eigenvalue weighted by Gasteiger charge is -2.13. The molecular formula is C17H12BrCl2N5O2. The summed E-state index contributed by atoms with van der Waals surface area (Å²) in [4.78, 5) is 20.2. The normalized spacial score (nSPS) is 10.3. The molecule has 0 saturated heterocycles. The van der Waals surface area contributed by atoms with Gasteiger partial charge in [-0.2, -0.15) is 4.98 Å². The standard InChI is InChI=1S/C17H12BrCl2N5O2/c18-9-1-4-11(5-2-9)27-17-14(21)15(22-8-23-17)24-25-16(26)12-6-3-10(19)7-13(12)20/h1-8H,21H2,(H,25,26)(H,22,23,24). The Morgan fingerprint density at radius 1 is 1.11 bits per heavy atom. The predicted octanol–water partition coefficient (Wildman–Crippen LogP) is 4.68. The number of carbonyl (C=O) groups is 1. The number of carbonyl (C=O) groups excluding carboxylic acids is 1. The second kappa shape index (κ2) is 8.43. The average molecular weight is 469 g/mol. The summed E-state index contributed by atoms with van der Waals surface area (Å²) in [7, 11) is 0. The van der Waals surface area contributed by atoms with Gasteiger partial charge in [0.15, 0.2) is 5.82 Å². The van der Waals surface area contributed by atoms with Crippen LogP contribution in [0.4, 0.5) is 11.5 Å².